The predicted octanol–water partition coefficient (Wildman–Crippen LogP) is 3.51. The molecule has 0 aliphatic carbocycles. The van der Waals surface area contributed by atoms with Gasteiger partial charge in [0.15, 0.2) is 0 Å². The normalized spacial score (nSPS) is 12.9. The molecule has 1 nitrogen and oxygen atoms in total. The highest BCUT2D eigenvalue weighted by Gasteiger charge is 2.11. The van der Waals surface area contributed by atoms with Gasteiger partial charge in [-0.25, -0.2) is 0 Å². The molecule has 0 aromatic heterocycles. The van der Waals surface area contributed by atoms with Crippen LogP contribution >= 0.6 is 22.6 Å². The van der Waals surface area contributed by atoms with Crippen LogP contribution < -0.4 is 0 Å². The SMILES string of the molecule is CCC(C)c1c(O)cccc1I. The number of phenols is 1. The topological polar surface area (TPSA) is 20.2 Å². The van der Waals surface area contributed by atoms with Crippen molar-refractivity contribution in [1.82, 2.24) is 0 Å². The van der Waals surface area contributed by atoms with Crippen molar-refractivity contribution in [3.05, 3.63) is 27.3 Å². The summed E-state index contributed by atoms with van der Waals surface area (Å²) in [5.74, 6) is 0.870. The second-order valence-electron chi connectivity index (χ2n) is 2.98. The van der Waals surface area contributed by atoms with E-state index < -0.39 is 0 Å². The first-order valence-corrected chi connectivity index (χ1v) is 5.22. The van der Waals surface area contributed by atoms with Gasteiger partial charge in [-0.3, -0.25) is 0 Å². The Morgan fingerprint density at radius 3 is 2.67 bits per heavy atom. The third kappa shape index (κ3) is 1.91. The van der Waals surface area contributed by atoms with Gasteiger partial charge in [0, 0.05) is 9.13 Å². The Balaban J connectivity index is 3.12. The Kier molecular flexibility index (Phi) is 3.38. The van der Waals surface area contributed by atoms with Crippen molar-refractivity contribution < 1.29 is 5.11 Å². The summed E-state index contributed by atoms with van der Waals surface area (Å²) in [5, 5.41) is 9.59. The van der Waals surface area contributed by atoms with Gasteiger partial charge in [0.2, 0.25) is 0 Å². The molecular weight excluding hydrogens is 263 g/mol. The maximum atomic E-state index is 9.59. The van der Waals surface area contributed by atoms with Crippen LogP contribution in [0.2, 0.25) is 0 Å². The number of phenolic OH excluding ortho intramolecular Hbond substituents is 1. The first kappa shape index (κ1) is 9.84. The van der Waals surface area contributed by atoms with Crippen molar-refractivity contribution >= 4 is 22.6 Å². The number of rotatable bonds is 2. The summed E-state index contributed by atoms with van der Waals surface area (Å²) < 4.78 is 1.15. The molecule has 0 aliphatic heterocycles. The van der Waals surface area contributed by atoms with E-state index in [0.717, 1.165) is 15.6 Å². The van der Waals surface area contributed by atoms with Gasteiger partial charge < -0.3 is 5.11 Å². The van der Waals surface area contributed by atoms with Gasteiger partial charge in [-0.15, -0.1) is 0 Å². The van der Waals surface area contributed by atoms with Gasteiger partial charge in [0.1, 0.15) is 5.75 Å². The zero-order valence-corrected chi connectivity index (χ0v) is 9.50. The molecule has 2 heteroatoms. The molecule has 1 aromatic rings. The summed E-state index contributed by atoms with van der Waals surface area (Å²) in [6, 6.07) is 5.66. The molecule has 0 aliphatic rings. The number of aromatic hydroxyl groups is 1. The van der Waals surface area contributed by atoms with E-state index >= 15 is 0 Å². The Morgan fingerprint density at radius 2 is 2.17 bits per heavy atom. The third-order valence-corrected chi connectivity index (χ3v) is 3.08. The van der Waals surface area contributed by atoms with Gasteiger partial charge in [0.05, 0.1) is 0 Å². The molecule has 66 valence electrons. The lowest BCUT2D eigenvalue weighted by atomic mass is 9.98. The van der Waals surface area contributed by atoms with Crippen LogP contribution in [0.15, 0.2) is 18.2 Å². The highest BCUT2D eigenvalue weighted by molar-refractivity contribution is 14.1. The van der Waals surface area contributed by atoms with Crippen molar-refractivity contribution in [1.29, 1.82) is 0 Å². The number of hydrogen-bond donors (Lipinski definition) is 1. The summed E-state index contributed by atoms with van der Waals surface area (Å²) in [4.78, 5) is 0. The Labute approximate surface area is 86.9 Å². The molecule has 0 heterocycles. The lowest BCUT2D eigenvalue weighted by Gasteiger charge is -2.12. The standard InChI is InChI=1S/C10H13IO/c1-3-7(2)10-8(11)5-4-6-9(10)12/h4-7,12H,3H2,1-2H3. The lowest BCUT2D eigenvalue weighted by molar-refractivity contribution is 0.461. The molecule has 12 heavy (non-hydrogen) atoms. The van der Waals surface area contributed by atoms with E-state index in [1.165, 1.54) is 0 Å². The van der Waals surface area contributed by atoms with E-state index in [9.17, 15) is 5.11 Å². The van der Waals surface area contributed by atoms with Crippen LogP contribution in [0.25, 0.3) is 0 Å². The molecule has 0 spiro atoms. The quantitative estimate of drug-likeness (QED) is 0.819. The largest absolute Gasteiger partial charge is 0.508 e. The van der Waals surface area contributed by atoms with Crippen LogP contribution in [-0.2, 0) is 0 Å². The van der Waals surface area contributed by atoms with Gasteiger partial charge >= 0.3 is 0 Å². The van der Waals surface area contributed by atoms with E-state index in [-0.39, 0.29) is 0 Å². The molecule has 1 atom stereocenters. The summed E-state index contributed by atoms with van der Waals surface area (Å²) >= 11 is 2.26. The van der Waals surface area contributed by atoms with Crippen LogP contribution in [0.3, 0.4) is 0 Å². The molecule has 0 fully saturated rings. The number of hydrogen-bond acceptors (Lipinski definition) is 1. The van der Waals surface area contributed by atoms with Crippen LogP contribution in [0.4, 0.5) is 0 Å². The average molecular weight is 276 g/mol. The summed E-state index contributed by atoms with van der Waals surface area (Å²) in [7, 11) is 0. The fourth-order valence-corrected chi connectivity index (χ4v) is 2.23. The molecule has 1 aromatic carbocycles. The third-order valence-electron chi connectivity index (χ3n) is 2.14. The fraction of sp³-hybridized carbons (Fsp3) is 0.400. The lowest BCUT2D eigenvalue weighted by Crippen LogP contribution is -1.95. The minimum Gasteiger partial charge on any atom is -0.508 e. The summed E-state index contributed by atoms with van der Waals surface area (Å²) in [6.07, 6.45) is 1.06. The second kappa shape index (κ2) is 4.12. The first-order valence-electron chi connectivity index (χ1n) is 4.14. The molecule has 0 radical (unpaired) electrons. The highest BCUT2D eigenvalue weighted by Crippen LogP contribution is 2.31. The zero-order valence-electron chi connectivity index (χ0n) is 7.34. The van der Waals surface area contributed by atoms with Crippen LogP contribution in [0, 0.1) is 3.57 Å². The maximum Gasteiger partial charge on any atom is 0.120 e. The van der Waals surface area contributed by atoms with Crippen molar-refractivity contribution in [3.63, 3.8) is 0 Å². The van der Waals surface area contributed by atoms with E-state index in [4.69, 9.17) is 0 Å². The number of halogens is 1. The summed E-state index contributed by atoms with van der Waals surface area (Å²) in [5.41, 5.74) is 1.08. The van der Waals surface area contributed by atoms with E-state index in [0.29, 0.717) is 11.7 Å². The Hall–Kier alpha value is -0.250. The van der Waals surface area contributed by atoms with Crippen LogP contribution in [0.5, 0.6) is 5.75 Å². The van der Waals surface area contributed by atoms with E-state index in [2.05, 4.69) is 36.4 Å². The van der Waals surface area contributed by atoms with Crippen LogP contribution in [0.1, 0.15) is 31.7 Å². The van der Waals surface area contributed by atoms with Crippen molar-refractivity contribution in [2.45, 2.75) is 26.2 Å². The number of benzene rings is 1. The molecule has 1 rings (SSSR count). The monoisotopic (exact) mass is 276 g/mol. The summed E-state index contributed by atoms with van der Waals surface area (Å²) in [6.45, 7) is 4.27. The molecule has 0 amide bonds. The van der Waals surface area contributed by atoms with Gasteiger partial charge in [0.25, 0.3) is 0 Å². The smallest absolute Gasteiger partial charge is 0.120 e. The first-order chi connectivity index (χ1) is 5.66. The van der Waals surface area contributed by atoms with Crippen molar-refractivity contribution in [2.24, 2.45) is 0 Å². The molecule has 0 bridgehead atoms. The molecule has 1 N–H and O–H groups in total. The molecular formula is C10H13IO. The molecule has 0 saturated heterocycles. The van der Waals surface area contributed by atoms with Crippen molar-refractivity contribution in [2.75, 3.05) is 0 Å². The van der Waals surface area contributed by atoms with Crippen LogP contribution in [-0.4, -0.2) is 5.11 Å². The van der Waals surface area contributed by atoms with Gasteiger partial charge in [-0.05, 0) is 47.1 Å². The second-order valence-corrected chi connectivity index (χ2v) is 4.14. The van der Waals surface area contributed by atoms with E-state index in [1.807, 2.05) is 12.1 Å². The highest BCUT2D eigenvalue weighted by atomic mass is 127. The molecule has 1 unspecified atom stereocenters. The van der Waals surface area contributed by atoms with Gasteiger partial charge in [-0.2, -0.15) is 0 Å². The Bertz CT molecular complexity index is 250. The fourth-order valence-electron chi connectivity index (χ4n) is 1.22. The Morgan fingerprint density at radius 1 is 1.50 bits per heavy atom. The molecule has 0 saturated carbocycles. The van der Waals surface area contributed by atoms with Crippen molar-refractivity contribution in [3.8, 4) is 5.75 Å². The minimum atomic E-state index is 0.427. The van der Waals surface area contributed by atoms with Gasteiger partial charge in [-0.1, -0.05) is 19.9 Å². The predicted molar refractivity (Wildman–Crippen MR) is 59.5 cm³/mol. The zero-order chi connectivity index (χ0) is 9.14. The minimum absolute atomic E-state index is 0.427. The maximum absolute atomic E-state index is 9.59. The van der Waals surface area contributed by atoms with E-state index in [1.54, 1.807) is 6.07 Å². The average Bonchev–Trinajstić information content (AvgIpc) is 2.03.